The lowest BCUT2D eigenvalue weighted by molar-refractivity contribution is 0.585. The van der Waals surface area contributed by atoms with Crippen molar-refractivity contribution in [1.82, 2.24) is 24.9 Å². The molecule has 4 heterocycles. The van der Waals surface area contributed by atoms with Crippen LogP contribution in [-0.4, -0.2) is 51.1 Å². The number of aromatic nitrogens is 5. The third-order valence-corrected chi connectivity index (χ3v) is 6.50. The van der Waals surface area contributed by atoms with E-state index in [4.69, 9.17) is 5.73 Å². The van der Waals surface area contributed by atoms with Crippen LogP contribution in [0.15, 0.2) is 49.1 Å². The fourth-order valence-electron chi connectivity index (χ4n) is 3.98. The zero-order valence-corrected chi connectivity index (χ0v) is 20.8. The van der Waals surface area contributed by atoms with Crippen molar-refractivity contribution in [2.75, 3.05) is 36.0 Å². The summed E-state index contributed by atoms with van der Waals surface area (Å²) in [7, 11) is 0. The number of anilines is 2. The number of H-pyrrole nitrogens is 1. The summed E-state index contributed by atoms with van der Waals surface area (Å²) in [4.78, 5) is 25.7. The lowest BCUT2D eigenvalue weighted by Crippen LogP contribution is -2.47. The number of aromatic amines is 1. The molecule has 1 atom stereocenters. The number of fused-ring (bicyclic) bond motifs is 1. The van der Waals surface area contributed by atoms with Gasteiger partial charge in [-0.25, -0.2) is 24.3 Å². The van der Waals surface area contributed by atoms with E-state index in [2.05, 4.69) is 63.4 Å². The number of hydrogen-bond acceptors (Lipinski definition) is 7. The Morgan fingerprint density at radius 3 is 2.27 bits per heavy atom. The second-order valence-electron chi connectivity index (χ2n) is 8.03. The zero-order valence-electron chi connectivity index (χ0n) is 17.9. The summed E-state index contributed by atoms with van der Waals surface area (Å²) in [6.45, 7) is 5.06. The van der Waals surface area contributed by atoms with Gasteiger partial charge in [-0.2, -0.15) is 0 Å². The first-order valence-electron chi connectivity index (χ1n) is 10.3. The summed E-state index contributed by atoms with van der Waals surface area (Å²) in [5, 5.41) is 1.04. The van der Waals surface area contributed by atoms with Gasteiger partial charge in [-0.1, -0.05) is 12.1 Å². The molecule has 0 radical (unpaired) electrons. The highest BCUT2D eigenvalue weighted by Gasteiger charge is 2.26. The lowest BCUT2D eigenvalue weighted by atomic mass is 9.87. The van der Waals surface area contributed by atoms with Gasteiger partial charge >= 0.3 is 0 Å². The van der Waals surface area contributed by atoms with E-state index in [1.165, 1.54) is 12.1 Å². The van der Waals surface area contributed by atoms with Crippen LogP contribution >= 0.6 is 35.0 Å². The Balaban J connectivity index is 0.00000259. The van der Waals surface area contributed by atoms with Crippen molar-refractivity contribution in [3.05, 3.63) is 69.7 Å². The minimum atomic E-state index is -0.808. The molecule has 0 amide bonds. The summed E-state index contributed by atoms with van der Waals surface area (Å²) in [5.41, 5.74) is 8.16. The molecule has 0 spiro atoms. The van der Waals surface area contributed by atoms with E-state index in [0.717, 1.165) is 57.9 Å². The topological polar surface area (TPSA) is 99.9 Å². The Hall–Kier alpha value is -2.57. The maximum Gasteiger partial charge on any atom is 0.225 e. The molecule has 4 aromatic rings. The Morgan fingerprint density at radius 1 is 0.970 bits per heavy atom. The molecule has 3 aromatic heterocycles. The molecule has 5 rings (SSSR count). The highest BCUT2D eigenvalue weighted by Crippen LogP contribution is 2.28. The van der Waals surface area contributed by atoms with Crippen LogP contribution in [0.2, 0.25) is 0 Å². The Bertz CT molecular complexity index is 1240. The minimum absolute atomic E-state index is 0. The first kappa shape index (κ1) is 23.6. The second kappa shape index (κ2) is 9.35. The minimum Gasteiger partial charge on any atom is -0.352 e. The summed E-state index contributed by atoms with van der Waals surface area (Å²) in [6, 6.07) is 8.28. The van der Waals surface area contributed by atoms with E-state index >= 15 is 0 Å². The molecule has 8 nitrogen and oxygen atoms in total. The molecule has 1 aliphatic heterocycles. The number of piperazine rings is 1. The number of nitrogens with two attached hydrogens (primary N) is 1. The van der Waals surface area contributed by atoms with Crippen LogP contribution in [0.1, 0.15) is 18.1 Å². The number of benzene rings is 1. The van der Waals surface area contributed by atoms with Crippen LogP contribution < -0.4 is 15.5 Å². The van der Waals surface area contributed by atoms with Crippen molar-refractivity contribution in [2.45, 2.75) is 12.5 Å². The molecule has 1 aliphatic rings. The van der Waals surface area contributed by atoms with Gasteiger partial charge in [-0.3, -0.25) is 0 Å². The number of nitrogens with zero attached hydrogens (tertiary/aromatic N) is 6. The van der Waals surface area contributed by atoms with Crippen LogP contribution in [0.25, 0.3) is 11.0 Å². The Labute approximate surface area is 210 Å². The Morgan fingerprint density at radius 2 is 1.61 bits per heavy atom. The van der Waals surface area contributed by atoms with Gasteiger partial charge in [0.1, 0.15) is 23.6 Å². The molecule has 0 saturated carbocycles. The maximum atomic E-state index is 13.3. The molecule has 11 heteroatoms. The smallest absolute Gasteiger partial charge is 0.225 e. The van der Waals surface area contributed by atoms with Crippen LogP contribution in [0.3, 0.4) is 0 Å². The number of hydrogen-bond donors (Lipinski definition) is 2. The molecular formula is C22H23ClFIN8. The van der Waals surface area contributed by atoms with Crippen LogP contribution in [-0.2, 0) is 5.54 Å². The molecule has 0 bridgehead atoms. The molecule has 1 fully saturated rings. The molecule has 1 aromatic carbocycles. The summed E-state index contributed by atoms with van der Waals surface area (Å²) < 4.78 is 14.3. The Kier molecular flexibility index (Phi) is 6.68. The van der Waals surface area contributed by atoms with Crippen LogP contribution in [0.4, 0.5) is 16.2 Å². The van der Waals surface area contributed by atoms with Crippen molar-refractivity contribution in [3.8, 4) is 0 Å². The van der Waals surface area contributed by atoms with Gasteiger partial charge in [0.15, 0.2) is 0 Å². The summed E-state index contributed by atoms with van der Waals surface area (Å²) in [6.07, 6.45) is 5.12. The van der Waals surface area contributed by atoms with E-state index in [0.29, 0.717) is 5.95 Å². The van der Waals surface area contributed by atoms with Crippen molar-refractivity contribution < 1.29 is 4.39 Å². The zero-order chi connectivity index (χ0) is 22.3. The average Bonchev–Trinajstić information content (AvgIpc) is 3.20. The van der Waals surface area contributed by atoms with Crippen molar-refractivity contribution in [1.29, 1.82) is 0 Å². The van der Waals surface area contributed by atoms with Crippen LogP contribution in [0, 0.1) is 9.52 Å². The van der Waals surface area contributed by atoms with Crippen molar-refractivity contribution in [2.24, 2.45) is 5.73 Å². The van der Waals surface area contributed by atoms with E-state index in [9.17, 15) is 4.39 Å². The fraction of sp³-hybridized carbons (Fsp3) is 0.273. The van der Waals surface area contributed by atoms with Gasteiger partial charge in [0.25, 0.3) is 0 Å². The van der Waals surface area contributed by atoms with E-state index < -0.39 is 5.54 Å². The highest BCUT2D eigenvalue weighted by molar-refractivity contribution is 14.1. The second-order valence-corrected chi connectivity index (χ2v) is 9.19. The van der Waals surface area contributed by atoms with Gasteiger partial charge in [-0.15, -0.1) is 12.4 Å². The maximum absolute atomic E-state index is 13.3. The SMILES string of the molecule is C[C@](N)(c1ccc(F)cc1)c1cnc(N2CCN(c3ncnc4[nH]c(I)cc34)CC2)nc1.Cl. The van der Waals surface area contributed by atoms with E-state index in [1.807, 2.05) is 6.92 Å². The molecule has 1 saturated heterocycles. The number of rotatable bonds is 4. The van der Waals surface area contributed by atoms with Gasteiger partial charge in [0, 0.05) is 44.1 Å². The van der Waals surface area contributed by atoms with E-state index in [1.54, 1.807) is 30.9 Å². The standard InChI is InChI=1S/C22H22FIN8.ClH/c1-22(25,14-2-4-16(23)5-3-14)15-11-26-21(27-12-15)32-8-6-31(7-9-32)20-17-10-18(24)30-19(17)28-13-29-20;/h2-5,10-13H,6-9,25H2,1H3,(H,28,29,30);1H/t22-;/m0./s1. The van der Waals surface area contributed by atoms with Crippen molar-refractivity contribution >= 4 is 57.8 Å². The third kappa shape index (κ3) is 4.59. The number of nitrogens with one attached hydrogen (secondary N) is 1. The molecule has 33 heavy (non-hydrogen) atoms. The predicted octanol–water partition coefficient (Wildman–Crippen LogP) is 3.46. The molecule has 0 unspecified atom stereocenters. The van der Waals surface area contributed by atoms with Crippen molar-refractivity contribution in [3.63, 3.8) is 0 Å². The molecule has 0 aliphatic carbocycles. The quantitative estimate of drug-likeness (QED) is 0.357. The average molecular weight is 581 g/mol. The monoisotopic (exact) mass is 580 g/mol. The fourth-order valence-corrected chi connectivity index (χ4v) is 4.55. The first-order valence-corrected chi connectivity index (χ1v) is 11.4. The first-order chi connectivity index (χ1) is 15.4. The van der Waals surface area contributed by atoms with Gasteiger partial charge in [-0.05, 0) is 53.3 Å². The lowest BCUT2D eigenvalue weighted by Gasteiger charge is -2.35. The third-order valence-electron chi connectivity index (χ3n) is 5.92. The predicted molar refractivity (Wildman–Crippen MR) is 137 cm³/mol. The summed E-state index contributed by atoms with van der Waals surface area (Å²) >= 11 is 2.25. The molecule has 172 valence electrons. The van der Waals surface area contributed by atoms with E-state index in [-0.39, 0.29) is 18.2 Å². The molecular weight excluding hydrogens is 558 g/mol. The van der Waals surface area contributed by atoms with Gasteiger partial charge < -0.3 is 20.5 Å². The normalized spacial score (nSPS) is 15.9. The highest BCUT2D eigenvalue weighted by atomic mass is 127. The van der Waals surface area contributed by atoms with Crippen LogP contribution in [0.5, 0.6) is 0 Å². The number of halogens is 3. The van der Waals surface area contributed by atoms with Gasteiger partial charge in [0.2, 0.25) is 5.95 Å². The summed E-state index contributed by atoms with van der Waals surface area (Å²) in [5.74, 6) is 1.33. The largest absolute Gasteiger partial charge is 0.352 e. The molecule has 3 N–H and O–H groups in total. The van der Waals surface area contributed by atoms with Gasteiger partial charge in [0.05, 0.1) is 14.6 Å².